The molecule has 1 N–H and O–H groups in total. The maximum atomic E-state index is 12.4. The molecule has 3 rings (SSSR count). The van der Waals surface area contributed by atoms with Gasteiger partial charge < -0.3 is 19.8 Å². The second kappa shape index (κ2) is 9.79. The lowest BCUT2D eigenvalue weighted by atomic mass is 10.0. The van der Waals surface area contributed by atoms with Gasteiger partial charge in [0.25, 0.3) is 10.9 Å². The molecule has 0 aliphatic carbocycles. The highest BCUT2D eigenvalue weighted by atomic mass is 16.3. The van der Waals surface area contributed by atoms with Crippen molar-refractivity contribution in [2.24, 2.45) is 0 Å². The highest BCUT2D eigenvalue weighted by Crippen LogP contribution is 2.24. The second-order valence-electron chi connectivity index (χ2n) is 8.38. The van der Waals surface area contributed by atoms with E-state index >= 15 is 0 Å². The molecule has 0 amide bonds. The molecule has 1 atom stereocenters. The molecule has 3 aromatic rings. The van der Waals surface area contributed by atoms with E-state index < -0.39 is 10.9 Å². The average molecular weight is 422 g/mol. The van der Waals surface area contributed by atoms with E-state index in [-0.39, 0.29) is 11.8 Å². The van der Waals surface area contributed by atoms with Gasteiger partial charge in [0.05, 0.1) is 0 Å². The molecule has 0 heterocycles. The lowest BCUT2D eigenvalue weighted by molar-refractivity contribution is 0.295. The molecule has 6 nitrogen and oxygen atoms in total. The van der Waals surface area contributed by atoms with Crippen molar-refractivity contribution in [2.45, 2.75) is 18.9 Å². The maximum absolute atomic E-state index is 12.4. The van der Waals surface area contributed by atoms with Crippen LogP contribution in [0.1, 0.15) is 11.1 Å². The Morgan fingerprint density at radius 3 is 1.94 bits per heavy atom. The van der Waals surface area contributed by atoms with Gasteiger partial charge in [0.1, 0.15) is 17.1 Å². The van der Waals surface area contributed by atoms with Crippen LogP contribution in [0.2, 0.25) is 0 Å². The number of hydrogen-bond acceptors (Lipinski definition) is 6. The lowest BCUT2D eigenvalue weighted by Gasteiger charge is -2.33. The molecule has 0 spiro atoms. The Balaban J connectivity index is 1.71. The number of phenols is 1. The summed E-state index contributed by atoms with van der Waals surface area (Å²) in [6.07, 6.45) is 1.58. The highest BCUT2D eigenvalue weighted by molar-refractivity contribution is 5.76. The molecular weight excluding hydrogens is 390 g/mol. The first kappa shape index (κ1) is 22.6. The Labute approximate surface area is 183 Å². The van der Waals surface area contributed by atoms with Gasteiger partial charge >= 0.3 is 0 Å². The van der Waals surface area contributed by atoms with E-state index in [1.54, 1.807) is 12.1 Å². The Morgan fingerprint density at radius 2 is 1.35 bits per heavy atom. The number of aromatic hydroxyl groups is 1. The van der Waals surface area contributed by atoms with E-state index in [2.05, 4.69) is 17.0 Å². The predicted molar refractivity (Wildman–Crippen MR) is 127 cm³/mol. The standard InChI is InChI=1S/C25H31N3O3/c1-26(2)20(16-19-10-12-21(29)13-11-19)17-28(4)23-22(24(30)25(23)31)27(3)15-14-18-8-6-5-7-9-18/h5-13,20,29H,14-17H2,1-4H3/t20-/m1/s1. The molecule has 0 bridgehead atoms. The van der Waals surface area contributed by atoms with Crippen LogP contribution in [-0.2, 0) is 12.8 Å². The number of anilines is 2. The van der Waals surface area contributed by atoms with Crippen LogP contribution in [0.4, 0.5) is 11.4 Å². The van der Waals surface area contributed by atoms with Crippen molar-refractivity contribution in [3.8, 4) is 5.75 Å². The number of nitrogens with zero attached hydrogens (tertiary/aromatic N) is 3. The summed E-state index contributed by atoms with van der Waals surface area (Å²) >= 11 is 0. The Hall–Kier alpha value is -3.12. The zero-order valence-corrected chi connectivity index (χ0v) is 18.7. The fourth-order valence-corrected chi connectivity index (χ4v) is 3.85. The van der Waals surface area contributed by atoms with Crippen LogP contribution in [0.5, 0.6) is 5.75 Å². The highest BCUT2D eigenvalue weighted by Gasteiger charge is 2.28. The lowest BCUT2D eigenvalue weighted by Crippen LogP contribution is -2.48. The number of rotatable bonds is 10. The third kappa shape index (κ3) is 5.33. The number of likely N-dealkylation sites (N-methyl/N-ethyl adjacent to an activating group) is 3. The first-order valence-corrected chi connectivity index (χ1v) is 10.5. The maximum Gasteiger partial charge on any atom is 0.253 e. The van der Waals surface area contributed by atoms with Crippen molar-refractivity contribution in [1.82, 2.24) is 4.90 Å². The van der Waals surface area contributed by atoms with Gasteiger partial charge in [0.15, 0.2) is 0 Å². The van der Waals surface area contributed by atoms with Gasteiger partial charge in [-0.3, -0.25) is 9.59 Å². The normalized spacial score (nSPS) is 12.3. The van der Waals surface area contributed by atoms with Gasteiger partial charge in [-0.05, 0) is 50.2 Å². The molecule has 0 aromatic heterocycles. The molecule has 0 aliphatic rings. The SMILES string of the molecule is CN(CCc1ccccc1)c1c(N(C)C[C@@H](Cc2ccc(O)cc2)N(C)C)c(=O)c1=O. The van der Waals surface area contributed by atoms with Gasteiger partial charge in [-0.25, -0.2) is 0 Å². The first-order valence-electron chi connectivity index (χ1n) is 10.5. The molecule has 0 unspecified atom stereocenters. The van der Waals surface area contributed by atoms with Crippen molar-refractivity contribution >= 4 is 11.4 Å². The van der Waals surface area contributed by atoms with E-state index in [1.807, 2.05) is 68.3 Å². The first-order chi connectivity index (χ1) is 14.8. The molecule has 0 aliphatic heterocycles. The van der Waals surface area contributed by atoms with Crippen molar-refractivity contribution in [3.05, 3.63) is 86.2 Å². The van der Waals surface area contributed by atoms with Crippen LogP contribution >= 0.6 is 0 Å². The summed E-state index contributed by atoms with van der Waals surface area (Å²) in [4.78, 5) is 30.7. The summed E-state index contributed by atoms with van der Waals surface area (Å²) in [6, 6.07) is 17.4. The fourth-order valence-electron chi connectivity index (χ4n) is 3.85. The average Bonchev–Trinajstić information content (AvgIpc) is 2.76. The van der Waals surface area contributed by atoms with Crippen LogP contribution in [0.25, 0.3) is 0 Å². The molecular formula is C25H31N3O3. The van der Waals surface area contributed by atoms with Gasteiger partial charge in [-0.2, -0.15) is 0 Å². The second-order valence-corrected chi connectivity index (χ2v) is 8.38. The molecule has 0 saturated heterocycles. The molecule has 31 heavy (non-hydrogen) atoms. The summed E-state index contributed by atoms with van der Waals surface area (Å²) in [7, 11) is 7.76. The zero-order chi connectivity index (χ0) is 22.5. The van der Waals surface area contributed by atoms with Crippen LogP contribution in [0.3, 0.4) is 0 Å². The minimum absolute atomic E-state index is 0.140. The summed E-state index contributed by atoms with van der Waals surface area (Å²) in [5, 5.41) is 9.51. The van der Waals surface area contributed by atoms with Crippen molar-refractivity contribution < 1.29 is 5.11 Å². The van der Waals surface area contributed by atoms with Crippen LogP contribution < -0.4 is 20.7 Å². The third-order valence-electron chi connectivity index (χ3n) is 5.83. The van der Waals surface area contributed by atoms with Crippen LogP contribution in [0.15, 0.2) is 64.2 Å². The van der Waals surface area contributed by atoms with Crippen LogP contribution in [-0.4, -0.2) is 57.3 Å². The van der Waals surface area contributed by atoms with Gasteiger partial charge in [-0.15, -0.1) is 0 Å². The van der Waals surface area contributed by atoms with Crippen LogP contribution in [0, 0.1) is 0 Å². The van der Waals surface area contributed by atoms with E-state index in [4.69, 9.17) is 0 Å². The molecule has 164 valence electrons. The largest absolute Gasteiger partial charge is 0.508 e. The molecule has 0 saturated carbocycles. The minimum Gasteiger partial charge on any atom is -0.508 e. The monoisotopic (exact) mass is 421 g/mol. The van der Waals surface area contributed by atoms with E-state index in [0.29, 0.717) is 24.5 Å². The molecule has 6 heteroatoms. The Kier molecular flexibility index (Phi) is 7.13. The van der Waals surface area contributed by atoms with Gasteiger partial charge in [-0.1, -0.05) is 42.5 Å². The van der Waals surface area contributed by atoms with Crippen molar-refractivity contribution in [1.29, 1.82) is 0 Å². The summed E-state index contributed by atoms with van der Waals surface area (Å²) < 4.78 is 0. The topological polar surface area (TPSA) is 64.1 Å². The third-order valence-corrected chi connectivity index (χ3v) is 5.83. The van der Waals surface area contributed by atoms with Crippen molar-refractivity contribution in [2.75, 3.05) is 51.1 Å². The van der Waals surface area contributed by atoms with E-state index in [9.17, 15) is 14.7 Å². The summed E-state index contributed by atoms with van der Waals surface area (Å²) in [6.45, 7) is 1.28. The predicted octanol–water partition coefficient (Wildman–Crippen LogP) is 2.28. The van der Waals surface area contributed by atoms with Gasteiger partial charge in [0, 0.05) is 33.2 Å². The van der Waals surface area contributed by atoms with E-state index in [1.165, 1.54) is 5.56 Å². The summed E-state index contributed by atoms with van der Waals surface area (Å²) in [5.74, 6) is 0.245. The number of hydrogen-bond donors (Lipinski definition) is 1. The Bertz CT molecular complexity index is 1050. The zero-order valence-electron chi connectivity index (χ0n) is 18.7. The molecule has 0 radical (unpaired) electrons. The minimum atomic E-state index is -0.411. The quantitative estimate of drug-likeness (QED) is 0.507. The van der Waals surface area contributed by atoms with E-state index in [0.717, 1.165) is 18.4 Å². The molecule has 0 fully saturated rings. The number of phenolic OH excluding ortho intramolecular Hbond substituents is 1. The fraction of sp³-hybridized carbons (Fsp3) is 0.360. The van der Waals surface area contributed by atoms with Gasteiger partial charge in [0.2, 0.25) is 0 Å². The molecule has 3 aromatic carbocycles. The Morgan fingerprint density at radius 1 is 0.774 bits per heavy atom. The number of benzene rings is 2. The van der Waals surface area contributed by atoms with Crippen molar-refractivity contribution in [3.63, 3.8) is 0 Å². The summed E-state index contributed by atoms with van der Waals surface area (Å²) in [5.41, 5.74) is 2.49. The smallest absolute Gasteiger partial charge is 0.253 e.